The van der Waals surface area contributed by atoms with Crippen LogP contribution >= 0.6 is 22.6 Å². The van der Waals surface area contributed by atoms with Crippen LogP contribution in [0.25, 0.3) is 0 Å². The van der Waals surface area contributed by atoms with Gasteiger partial charge in [-0.15, -0.1) is 0 Å². The van der Waals surface area contributed by atoms with Gasteiger partial charge in [-0.2, -0.15) is 0 Å². The van der Waals surface area contributed by atoms with Gasteiger partial charge in [0.25, 0.3) is 0 Å². The van der Waals surface area contributed by atoms with E-state index < -0.39 is 0 Å². The van der Waals surface area contributed by atoms with Crippen molar-refractivity contribution in [2.24, 2.45) is 10.7 Å². The molecule has 0 radical (unpaired) electrons. The highest BCUT2D eigenvalue weighted by molar-refractivity contribution is 14.1. The minimum absolute atomic E-state index is 0.608. The van der Waals surface area contributed by atoms with Gasteiger partial charge in [-0.25, -0.2) is 4.99 Å². The molecule has 0 heterocycles. The summed E-state index contributed by atoms with van der Waals surface area (Å²) in [5.41, 5.74) is 6.04. The average molecular weight is 400 g/mol. The summed E-state index contributed by atoms with van der Waals surface area (Å²) in [4.78, 5) is 8.76. The number of ether oxygens (including phenoxy) is 2. The molecule has 0 unspecified atom stereocenters. The zero-order valence-electron chi connectivity index (χ0n) is 13.0. The SMILES string of the molecule is CCN(CCOCI)CN=C(N)N(CC)CCCOC. The van der Waals surface area contributed by atoms with Gasteiger partial charge < -0.3 is 20.1 Å². The molecule has 0 amide bonds. The minimum atomic E-state index is 0.608. The summed E-state index contributed by atoms with van der Waals surface area (Å²) in [5, 5.41) is 0. The third kappa shape index (κ3) is 9.73. The fraction of sp³-hybridized carbons (Fsp3) is 0.923. The van der Waals surface area contributed by atoms with Crippen molar-refractivity contribution in [3.8, 4) is 0 Å². The van der Waals surface area contributed by atoms with Crippen molar-refractivity contribution in [3.05, 3.63) is 0 Å². The zero-order valence-corrected chi connectivity index (χ0v) is 15.1. The molecule has 0 aliphatic rings. The first-order chi connectivity index (χ1) is 9.69. The maximum atomic E-state index is 6.04. The lowest BCUT2D eigenvalue weighted by atomic mass is 10.4. The number of rotatable bonds is 12. The van der Waals surface area contributed by atoms with E-state index in [0.717, 1.165) is 50.4 Å². The Bertz CT molecular complexity index is 255. The molecule has 20 heavy (non-hydrogen) atoms. The number of nitrogens with two attached hydrogens (primary N) is 1. The van der Waals surface area contributed by atoms with E-state index >= 15 is 0 Å². The quantitative estimate of drug-likeness (QED) is 0.176. The number of halogens is 1. The summed E-state index contributed by atoms with van der Waals surface area (Å²) in [5.74, 6) is 0.608. The van der Waals surface area contributed by atoms with Crippen LogP contribution < -0.4 is 5.73 Å². The van der Waals surface area contributed by atoms with Gasteiger partial charge in [0.2, 0.25) is 0 Å². The van der Waals surface area contributed by atoms with Gasteiger partial charge in [0.1, 0.15) is 0 Å². The van der Waals surface area contributed by atoms with Gasteiger partial charge in [-0.05, 0) is 19.9 Å². The van der Waals surface area contributed by atoms with Crippen LogP contribution in [0.3, 0.4) is 0 Å². The second kappa shape index (κ2) is 13.8. The summed E-state index contributed by atoms with van der Waals surface area (Å²) < 4.78 is 11.1. The maximum Gasteiger partial charge on any atom is 0.192 e. The van der Waals surface area contributed by atoms with Crippen LogP contribution in [-0.2, 0) is 9.47 Å². The smallest absolute Gasteiger partial charge is 0.192 e. The second-order valence-electron chi connectivity index (χ2n) is 4.31. The standard InChI is InChI=1S/C13H29IN4O2/c1-4-17(8-10-20-11-14)12-16-13(15)18(5-2)7-6-9-19-3/h4-12H2,1-3H3,(H2,15,16). The lowest BCUT2D eigenvalue weighted by molar-refractivity contribution is 0.147. The maximum absolute atomic E-state index is 6.04. The van der Waals surface area contributed by atoms with Gasteiger partial charge in [0.15, 0.2) is 5.96 Å². The molecule has 0 fully saturated rings. The lowest BCUT2D eigenvalue weighted by Crippen LogP contribution is -2.39. The molecule has 6 nitrogen and oxygen atoms in total. The van der Waals surface area contributed by atoms with Gasteiger partial charge >= 0.3 is 0 Å². The first-order valence-corrected chi connectivity index (χ1v) is 8.61. The number of guanidine groups is 1. The van der Waals surface area contributed by atoms with E-state index in [-0.39, 0.29) is 0 Å². The predicted octanol–water partition coefficient (Wildman–Crippen LogP) is 1.35. The normalized spacial score (nSPS) is 12.2. The van der Waals surface area contributed by atoms with Gasteiger partial charge in [0.05, 0.1) is 17.9 Å². The number of aliphatic imine (C=N–C) groups is 1. The van der Waals surface area contributed by atoms with Gasteiger partial charge in [-0.3, -0.25) is 4.90 Å². The third-order valence-electron chi connectivity index (χ3n) is 2.99. The molecule has 7 heteroatoms. The largest absolute Gasteiger partial charge is 0.385 e. The van der Waals surface area contributed by atoms with Crippen LogP contribution in [0.5, 0.6) is 0 Å². The molecule has 0 aromatic heterocycles. The molecule has 0 bridgehead atoms. The highest BCUT2D eigenvalue weighted by Gasteiger charge is 2.06. The Morgan fingerprint density at radius 3 is 2.50 bits per heavy atom. The third-order valence-corrected chi connectivity index (χ3v) is 3.43. The van der Waals surface area contributed by atoms with Crippen molar-refractivity contribution in [3.63, 3.8) is 0 Å². The van der Waals surface area contributed by atoms with Crippen molar-refractivity contribution >= 4 is 28.6 Å². The first-order valence-electron chi connectivity index (χ1n) is 7.09. The second-order valence-corrected chi connectivity index (χ2v) is 4.93. The minimum Gasteiger partial charge on any atom is -0.385 e. The van der Waals surface area contributed by atoms with E-state index in [9.17, 15) is 0 Å². The van der Waals surface area contributed by atoms with Gasteiger partial charge in [-0.1, -0.05) is 29.5 Å². The van der Waals surface area contributed by atoms with Crippen molar-refractivity contribution < 1.29 is 9.47 Å². The molecule has 0 saturated carbocycles. The number of alkyl halides is 1. The Morgan fingerprint density at radius 2 is 1.95 bits per heavy atom. The Kier molecular flexibility index (Phi) is 13.8. The number of methoxy groups -OCH3 is 1. The highest BCUT2D eigenvalue weighted by Crippen LogP contribution is 1.95. The van der Waals surface area contributed by atoms with Crippen LogP contribution in [-0.4, -0.2) is 73.5 Å². The van der Waals surface area contributed by atoms with E-state index in [1.807, 2.05) is 0 Å². The predicted molar refractivity (Wildman–Crippen MR) is 92.3 cm³/mol. The molecule has 0 aromatic rings. The number of nitrogens with zero attached hydrogens (tertiary/aromatic N) is 3. The summed E-state index contributed by atoms with van der Waals surface area (Å²) in [7, 11) is 1.71. The fourth-order valence-corrected chi connectivity index (χ4v) is 2.00. The van der Waals surface area contributed by atoms with Crippen molar-refractivity contribution in [2.75, 3.05) is 57.8 Å². The molecular weight excluding hydrogens is 371 g/mol. The van der Waals surface area contributed by atoms with Crippen LogP contribution in [0.1, 0.15) is 20.3 Å². The molecule has 0 saturated heterocycles. The average Bonchev–Trinajstić information content (AvgIpc) is 2.47. The van der Waals surface area contributed by atoms with Crippen LogP contribution in [0.15, 0.2) is 4.99 Å². The monoisotopic (exact) mass is 400 g/mol. The number of likely N-dealkylation sites (N-methyl/N-ethyl adjacent to an activating group) is 1. The van der Waals surface area contributed by atoms with Crippen molar-refractivity contribution in [2.45, 2.75) is 20.3 Å². The topological polar surface area (TPSA) is 63.3 Å². The summed E-state index contributed by atoms with van der Waals surface area (Å²) in [6.07, 6.45) is 0.960. The molecule has 0 rings (SSSR count). The van der Waals surface area contributed by atoms with Crippen LogP contribution in [0, 0.1) is 0 Å². The number of hydrogen-bond acceptors (Lipinski definition) is 4. The zero-order chi connectivity index (χ0) is 15.2. The van der Waals surface area contributed by atoms with Crippen molar-refractivity contribution in [1.82, 2.24) is 9.80 Å². The lowest BCUT2D eigenvalue weighted by Gasteiger charge is -2.23. The van der Waals surface area contributed by atoms with E-state index in [1.165, 1.54) is 0 Å². The Labute approximate surface area is 136 Å². The highest BCUT2D eigenvalue weighted by atomic mass is 127. The Hall–Kier alpha value is -0.120. The molecule has 0 atom stereocenters. The van der Waals surface area contributed by atoms with E-state index in [0.29, 0.717) is 12.6 Å². The summed E-state index contributed by atoms with van der Waals surface area (Å²) in [6, 6.07) is 0. The fourth-order valence-electron chi connectivity index (χ4n) is 1.68. The summed E-state index contributed by atoms with van der Waals surface area (Å²) in [6.45, 7) is 9.87. The van der Waals surface area contributed by atoms with Crippen molar-refractivity contribution in [1.29, 1.82) is 0 Å². The first kappa shape index (κ1) is 19.9. The number of hydrogen-bond donors (Lipinski definition) is 1. The summed E-state index contributed by atoms with van der Waals surface area (Å²) >= 11 is 2.20. The molecule has 120 valence electrons. The van der Waals surface area contributed by atoms with Crippen LogP contribution in [0.4, 0.5) is 0 Å². The van der Waals surface area contributed by atoms with E-state index in [4.69, 9.17) is 15.2 Å². The molecule has 0 aliphatic carbocycles. The molecular formula is C13H29IN4O2. The van der Waals surface area contributed by atoms with Gasteiger partial charge in [0, 0.05) is 33.4 Å². The Balaban J connectivity index is 4.15. The molecule has 0 aliphatic heterocycles. The van der Waals surface area contributed by atoms with Crippen LogP contribution in [0.2, 0.25) is 0 Å². The van der Waals surface area contributed by atoms with E-state index in [2.05, 4.69) is 51.2 Å². The molecule has 0 aromatic carbocycles. The Morgan fingerprint density at radius 1 is 1.20 bits per heavy atom. The van der Waals surface area contributed by atoms with E-state index in [1.54, 1.807) is 7.11 Å². The molecule has 2 N–H and O–H groups in total. The molecule has 0 spiro atoms.